The van der Waals surface area contributed by atoms with Gasteiger partial charge in [-0.1, -0.05) is 24.5 Å². The van der Waals surface area contributed by atoms with Crippen LogP contribution in [0.25, 0.3) is 21.3 Å². The third-order valence-corrected chi connectivity index (χ3v) is 10.6. The first-order valence-electron chi connectivity index (χ1n) is 20.2. The second-order valence-electron chi connectivity index (χ2n) is 13.7. The highest BCUT2D eigenvalue weighted by Gasteiger charge is 2.16. The minimum Gasteiger partial charge on any atom is -0.494 e. The number of benzene rings is 4. The van der Waals surface area contributed by atoms with E-state index in [1.54, 1.807) is 54.6 Å². The fourth-order valence-corrected chi connectivity index (χ4v) is 7.24. The Kier molecular flexibility index (Phi) is 17.3. The van der Waals surface area contributed by atoms with Crippen LogP contribution in [0.15, 0.2) is 109 Å². The van der Waals surface area contributed by atoms with Crippen molar-refractivity contribution in [3.8, 4) is 23.0 Å². The second-order valence-corrected chi connectivity index (χ2v) is 15.3. The molecule has 0 spiro atoms. The summed E-state index contributed by atoms with van der Waals surface area (Å²) in [4.78, 5) is 53.4. The van der Waals surface area contributed by atoms with E-state index < -0.39 is 23.9 Å². The van der Waals surface area contributed by atoms with E-state index in [0.717, 1.165) is 85.5 Å². The van der Waals surface area contributed by atoms with Crippen LogP contribution in [0.3, 0.4) is 0 Å². The number of hydrazone groups is 1. The molecule has 0 amide bonds. The highest BCUT2D eigenvalue weighted by molar-refractivity contribution is 7.22. The Morgan fingerprint density at radius 2 is 1.17 bits per heavy atom. The van der Waals surface area contributed by atoms with Gasteiger partial charge in [0.25, 0.3) is 0 Å². The summed E-state index contributed by atoms with van der Waals surface area (Å²) in [7, 11) is 0. The van der Waals surface area contributed by atoms with Crippen molar-refractivity contribution < 1.29 is 47.6 Å². The molecule has 15 nitrogen and oxygen atoms in total. The highest BCUT2D eigenvalue weighted by atomic mass is 32.1. The first kappa shape index (κ1) is 45.5. The molecule has 2 heterocycles. The zero-order valence-electron chi connectivity index (χ0n) is 34.3. The molecule has 6 aromatic rings. The normalized spacial score (nSPS) is 11.0. The number of aromatic nitrogens is 3. The van der Waals surface area contributed by atoms with Crippen LogP contribution in [-0.4, -0.2) is 70.3 Å². The number of rotatable bonds is 25. The van der Waals surface area contributed by atoms with Crippen molar-refractivity contribution >= 4 is 79.5 Å². The number of nitrogens with one attached hydrogen (secondary N) is 1. The lowest BCUT2D eigenvalue weighted by Gasteiger charge is -2.11. The number of hydrogen-bond donors (Lipinski definition) is 1. The van der Waals surface area contributed by atoms with Gasteiger partial charge in [-0.3, -0.25) is 5.43 Å². The number of nitrogens with zero attached hydrogens (tertiary/aromatic N) is 4. The molecular weight excluding hydrogens is 847 g/mol. The fourth-order valence-electron chi connectivity index (χ4n) is 5.89. The Morgan fingerprint density at radius 1 is 0.619 bits per heavy atom. The molecule has 0 saturated heterocycles. The average Bonchev–Trinajstić information content (AvgIpc) is 3.96. The molecule has 4 aromatic carbocycles. The van der Waals surface area contributed by atoms with Crippen LogP contribution in [0.2, 0.25) is 0 Å². The van der Waals surface area contributed by atoms with Crippen LogP contribution in [0.1, 0.15) is 77.6 Å². The minimum atomic E-state index is -0.619. The summed E-state index contributed by atoms with van der Waals surface area (Å²) in [5, 5.41) is 4.88. The van der Waals surface area contributed by atoms with E-state index in [2.05, 4.69) is 37.4 Å². The zero-order valence-corrected chi connectivity index (χ0v) is 36.0. The van der Waals surface area contributed by atoms with Crippen molar-refractivity contribution in [1.29, 1.82) is 0 Å². The Morgan fingerprint density at radius 3 is 1.76 bits per heavy atom. The van der Waals surface area contributed by atoms with Gasteiger partial charge in [-0.15, -0.1) is 0 Å². The van der Waals surface area contributed by atoms with Crippen molar-refractivity contribution in [2.24, 2.45) is 5.10 Å². The minimum absolute atomic E-state index is 0.169. The van der Waals surface area contributed by atoms with Crippen molar-refractivity contribution in [1.82, 2.24) is 13.7 Å². The molecule has 0 aliphatic rings. The summed E-state index contributed by atoms with van der Waals surface area (Å²) in [6.45, 7) is 8.48. The molecule has 1 N–H and O–H groups in total. The lowest BCUT2D eigenvalue weighted by Crippen LogP contribution is -2.11. The quantitative estimate of drug-likeness (QED) is 0.0143. The Hall–Kier alpha value is -6.98. The molecule has 0 aliphatic heterocycles. The smallest absolute Gasteiger partial charge is 0.343 e. The highest BCUT2D eigenvalue weighted by Crippen LogP contribution is 2.31. The molecule has 0 radical (unpaired) electrons. The van der Waals surface area contributed by atoms with Gasteiger partial charge in [0.15, 0.2) is 0 Å². The molecule has 6 rings (SSSR count). The molecule has 0 saturated carbocycles. The number of fused-ring (bicyclic) bond motifs is 3. The number of esters is 4. The van der Waals surface area contributed by atoms with Gasteiger partial charge in [0.1, 0.15) is 39.5 Å². The number of carbonyl (C=O) groups excluding carboxylic acids is 4. The van der Waals surface area contributed by atoms with Crippen LogP contribution in [0.5, 0.6) is 23.0 Å². The van der Waals surface area contributed by atoms with E-state index >= 15 is 0 Å². The van der Waals surface area contributed by atoms with Gasteiger partial charge in [-0.25, -0.2) is 24.2 Å². The van der Waals surface area contributed by atoms with Crippen LogP contribution in [0.4, 0.5) is 5.13 Å². The van der Waals surface area contributed by atoms with Gasteiger partial charge in [0.05, 0.1) is 60.2 Å². The van der Waals surface area contributed by atoms with Crippen molar-refractivity contribution in [2.75, 3.05) is 31.9 Å². The summed E-state index contributed by atoms with van der Waals surface area (Å²) >= 11 is 2.51. The van der Waals surface area contributed by atoms with Gasteiger partial charge < -0.3 is 28.4 Å². The zero-order chi connectivity index (χ0) is 44.2. The second kappa shape index (κ2) is 23.9. The number of anilines is 1. The standard InChI is InChI=1S/C46H45N5O10S2/c1-3-40(52)58-27-11-7-5-9-25-56-34-17-13-31(14-18-34)44(54)60-36-21-23-38(33(29-36)30-47-49-46-48-43-39(62-46)24-22-37-42(43)51-63-50-37)61-45(55)32-15-19-35(20-16-32)57-26-10-6-8-12-28-59-41(53)4-2/h3-4,13-24,29-30H,1-2,5-12,25-28H2,(H,48,49)/b47-30+. The Bertz CT molecular complexity index is 2540. The third-order valence-electron chi connectivity index (χ3n) is 9.16. The van der Waals surface area contributed by atoms with Crippen molar-refractivity contribution in [2.45, 2.75) is 51.4 Å². The molecule has 0 fully saturated rings. The topological polar surface area (TPSA) is 187 Å². The first-order chi connectivity index (χ1) is 30.8. The van der Waals surface area contributed by atoms with Gasteiger partial charge in [0, 0.05) is 17.7 Å². The molecular formula is C46H45N5O10S2. The van der Waals surface area contributed by atoms with E-state index in [1.807, 2.05) is 12.1 Å². The molecule has 2 aromatic heterocycles. The van der Waals surface area contributed by atoms with E-state index in [0.29, 0.717) is 70.8 Å². The lowest BCUT2D eigenvalue weighted by atomic mass is 10.2. The van der Waals surface area contributed by atoms with Gasteiger partial charge in [-0.05, 0) is 130 Å². The summed E-state index contributed by atoms with van der Waals surface area (Å²) in [5.41, 5.74) is 6.06. The maximum Gasteiger partial charge on any atom is 0.343 e. The Balaban J connectivity index is 1.05. The summed E-state index contributed by atoms with van der Waals surface area (Å²) < 4.78 is 42.7. The van der Waals surface area contributed by atoms with E-state index in [4.69, 9.17) is 28.4 Å². The SMILES string of the molecule is C=CC(=O)OCCCCCCOc1ccc(C(=O)Oc2ccc(OC(=O)c3ccc(OCCCCCCOC(=O)C=C)cc3)c(/C=N/Nc3nc4c(ccc5nsnc54)s3)c2)cc1. The summed E-state index contributed by atoms with van der Waals surface area (Å²) in [6, 6.07) is 21.7. The summed E-state index contributed by atoms with van der Waals surface area (Å²) in [5.74, 6) is -0.482. The maximum atomic E-state index is 13.4. The van der Waals surface area contributed by atoms with E-state index in [1.165, 1.54) is 29.7 Å². The Labute approximate surface area is 371 Å². The van der Waals surface area contributed by atoms with Crippen LogP contribution in [-0.2, 0) is 19.1 Å². The number of hydrogen-bond acceptors (Lipinski definition) is 17. The van der Waals surface area contributed by atoms with Crippen LogP contribution in [0, 0.1) is 0 Å². The maximum absolute atomic E-state index is 13.4. The average molecular weight is 892 g/mol. The molecule has 0 atom stereocenters. The largest absolute Gasteiger partial charge is 0.494 e. The monoisotopic (exact) mass is 891 g/mol. The molecule has 17 heteroatoms. The number of unbranched alkanes of at least 4 members (excludes halogenated alkanes) is 6. The van der Waals surface area contributed by atoms with Gasteiger partial charge in [0.2, 0.25) is 5.13 Å². The molecule has 63 heavy (non-hydrogen) atoms. The fraction of sp³-hybridized carbons (Fsp3) is 0.261. The molecule has 0 aliphatic carbocycles. The van der Waals surface area contributed by atoms with E-state index in [9.17, 15) is 19.2 Å². The number of thiazole rings is 1. The molecule has 0 unspecified atom stereocenters. The lowest BCUT2D eigenvalue weighted by molar-refractivity contribution is -0.138. The molecule has 326 valence electrons. The van der Waals surface area contributed by atoms with Crippen molar-refractivity contribution in [3.05, 3.63) is 121 Å². The van der Waals surface area contributed by atoms with Crippen molar-refractivity contribution in [3.63, 3.8) is 0 Å². The van der Waals surface area contributed by atoms with Gasteiger partial charge in [-0.2, -0.15) is 13.8 Å². The predicted molar refractivity (Wildman–Crippen MR) is 241 cm³/mol. The first-order valence-corrected chi connectivity index (χ1v) is 21.8. The van der Waals surface area contributed by atoms with E-state index in [-0.39, 0.29) is 11.5 Å². The summed E-state index contributed by atoms with van der Waals surface area (Å²) in [6.07, 6.45) is 10.5. The van der Waals surface area contributed by atoms with Crippen LogP contribution >= 0.6 is 23.1 Å². The van der Waals surface area contributed by atoms with Crippen LogP contribution < -0.4 is 24.4 Å². The number of carbonyl (C=O) groups is 4. The number of ether oxygens (including phenoxy) is 6. The molecule has 0 bridgehead atoms. The third kappa shape index (κ3) is 14.0. The predicted octanol–water partition coefficient (Wildman–Crippen LogP) is 9.52. The van der Waals surface area contributed by atoms with Gasteiger partial charge >= 0.3 is 23.9 Å².